The third kappa shape index (κ3) is 2.05. The quantitative estimate of drug-likeness (QED) is 0.885. The van der Waals surface area contributed by atoms with E-state index < -0.39 is 17.6 Å². The smallest absolute Gasteiger partial charge is 0.329 e. The van der Waals surface area contributed by atoms with Gasteiger partial charge in [-0.15, -0.1) is 0 Å². The maximum Gasteiger partial charge on any atom is 0.329 e. The SMILES string of the molecule is Cc1ccc2c(c1)N(C(C)(C)C(=O)O)C(=O)C(C)O2. The van der Waals surface area contributed by atoms with E-state index in [1.807, 2.05) is 13.0 Å². The molecule has 0 radical (unpaired) electrons. The number of carbonyl (C=O) groups is 2. The molecule has 1 unspecified atom stereocenters. The number of carboxylic acids is 1. The Kier molecular flexibility index (Phi) is 3.00. The fraction of sp³-hybridized carbons (Fsp3) is 0.429. The molecule has 0 saturated carbocycles. The van der Waals surface area contributed by atoms with E-state index >= 15 is 0 Å². The van der Waals surface area contributed by atoms with Gasteiger partial charge in [0.15, 0.2) is 6.10 Å². The predicted octanol–water partition coefficient (Wildman–Crippen LogP) is 1.97. The Labute approximate surface area is 111 Å². The molecular weight excluding hydrogens is 246 g/mol. The normalized spacial score (nSPS) is 18.8. The molecule has 1 amide bonds. The van der Waals surface area contributed by atoms with Gasteiger partial charge in [0, 0.05) is 0 Å². The summed E-state index contributed by atoms with van der Waals surface area (Å²) in [6.07, 6.45) is -0.686. The van der Waals surface area contributed by atoms with E-state index in [0.717, 1.165) is 5.56 Å². The Hall–Kier alpha value is -2.04. The predicted molar refractivity (Wildman–Crippen MR) is 70.5 cm³/mol. The minimum Gasteiger partial charge on any atom is -0.480 e. The van der Waals surface area contributed by atoms with Crippen LogP contribution >= 0.6 is 0 Å². The molecule has 1 heterocycles. The Morgan fingerprint density at radius 1 is 1.42 bits per heavy atom. The van der Waals surface area contributed by atoms with Crippen LogP contribution in [-0.4, -0.2) is 28.6 Å². The number of carbonyl (C=O) groups excluding carboxylic acids is 1. The summed E-state index contributed by atoms with van der Waals surface area (Å²) in [7, 11) is 0. The zero-order chi connectivity index (χ0) is 14.4. The molecule has 0 fully saturated rings. The summed E-state index contributed by atoms with van der Waals surface area (Å²) < 4.78 is 5.52. The second-order valence-electron chi connectivity index (χ2n) is 5.27. The van der Waals surface area contributed by atoms with Gasteiger partial charge >= 0.3 is 5.97 Å². The lowest BCUT2D eigenvalue weighted by Gasteiger charge is -2.40. The van der Waals surface area contributed by atoms with Crippen molar-refractivity contribution in [3.8, 4) is 5.75 Å². The molecule has 0 saturated heterocycles. The highest BCUT2D eigenvalue weighted by atomic mass is 16.5. The number of hydrogen-bond acceptors (Lipinski definition) is 3. The number of fused-ring (bicyclic) bond motifs is 1. The molecule has 5 heteroatoms. The first-order valence-electron chi connectivity index (χ1n) is 6.10. The molecule has 0 spiro atoms. The van der Waals surface area contributed by atoms with Crippen LogP contribution in [-0.2, 0) is 9.59 Å². The zero-order valence-corrected chi connectivity index (χ0v) is 11.4. The highest BCUT2D eigenvalue weighted by Gasteiger charge is 2.44. The van der Waals surface area contributed by atoms with Gasteiger partial charge in [-0.1, -0.05) is 6.07 Å². The van der Waals surface area contributed by atoms with E-state index in [0.29, 0.717) is 11.4 Å². The monoisotopic (exact) mass is 263 g/mol. The number of ether oxygens (including phenoxy) is 1. The molecule has 1 aromatic carbocycles. The van der Waals surface area contributed by atoms with Crippen LogP contribution in [0, 0.1) is 6.92 Å². The van der Waals surface area contributed by atoms with Gasteiger partial charge in [0.1, 0.15) is 11.3 Å². The number of aliphatic carboxylic acids is 1. The summed E-state index contributed by atoms with van der Waals surface area (Å²) >= 11 is 0. The van der Waals surface area contributed by atoms with Crippen LogP contribution in [0.1, 0.15) is 26.3 Å². The Morgan fingerprint density at radius 2 is 2.05 bits per heavy atom. The average molecular weight is 263 g/mol. The van der Waals surface area contributed by atoms with Crippen LogP contribution < -0.4 is 9.64 Å². The number of amides is 1. The number of rotatable bonds is 2. The molecule has 1 aliphatic rings. The van der Waals surface area contributed by atoms with E-state index in [1.54, 1.807) is 19.1 Å². The topological polar surface area (TPSA) is 66.8 Å². The fourth-order valence-corrected chi connectivity index (χ4v) is 2.12. The number of nitrogens with zero attached hydrogens (tertiary/aromatic N) is 1. The van der Waals surface area contributed by atoms with Crippen LogP contribution in [0.25, 0.3) is 0 Å². The van der Waals surface area contributed by atoms with Gasteiger partial charge in [-0.25, -0.2) is 4.79 Å². The van der Waals surface area contributed by atoms with Crippen LogP contribution in [0.4, 0.5) is 5.69 Å². The van der Waals surface area contributed by atoms with Crippen LogP contribution in [0.15, 0.2) is 18.2 Å². The van der Waals surface area contributed by atoms with Gasteiger partial charge in [-0.05, 0) is 45.4 Å². The van der Waals surface area contributed by atoms with Gasteiger partial charge in [0.2, 0.25) is 0 Å². The molecular formula is C14H17NO4. The van der Waals surface area contributed by atoms with Crippen molar-refractivity contribution in [1.29, 1.82) is 0 Å². The van der Waals surface area contributed by atoms with Gasteiger partial charge < -0.3 is 9.84 Å². The maximum absolute atomic E-state index is 12.3. The van der Waals surface area contributed by atoms with E-state index in [-0.39, 0.29) is 5.91 Å². The number of carboxylic acid groups (broad SMARTS) is 1. The van der Waals surface area contributed by atoms with Crippen molar-refractivity contribution in [2.45, 2.75) is 39.3 Å². The van der Waals surface area contributed by atoms with Crippen LogP contribution in [0.2, 0.25) is 0 Å². The lowest BCUT2D eigenvalue weighted by atomic mass is 9.98. The van der Waals surface area contributed by atoms with Crippen molar-refractivity contribution in [1.82, 2.24) is 0 Å². The van der Waals surface area contributed by atoms with Gasteiger partial charge in [-0.3, -0.25) is 9.69 Å². The molecule has 1 atom stereocenters. The molecule has 1 aliphatic heterocycles. The first-order valence-corrected chi connectivity index (χ1v) is 6.10. The molecule has 5 nitrogen and oxygen atoms in total. The minimum absolute atomic E-state index is 0.342. The van der Waals surface area contributed by atoms with Crippen LogP contribution in [0.3, 0.4) is 0 Å². The molecule has 102 valence electrons. The summed E-state index contributed by atoms with van der Waals surface area (Å²) in [5, 5.41) is 9.36. The van der Waals surface area contributed by atoms with Crippen molar-refractivity contribution in [3.05, 3.63) is 23.8 Å². The first-order chi connectivity index (χ1) is 8.75. The van der Waals surface area contributed by atoms with Crippen LogP contribution in [0.5, 0.6) is 5.75 Å². The maximum atomic E-state index is 12.3. The summed E-state index contributed by atoms with van der Waals surface area (Å²) in [5.41, 5.74) is 0.129. The first kappa shape index (κ1) is 13.4. The largest absolute Gasteiger partial charge is 0.480 e. The molecule has 19 heavy (non-hydrogen) atoms. The molecule has 2 rings (SSSR count). The van der Waals surface area contributed by atoms with E-state index in [4.69, 9.17) is 4.74 Å². The lowest BCUT2D eigenvalue weighted by molar-refractivity contribution is -0.145. The third-order valence-corrected chi connectivity index (χ3v) is 3.31. The number of anilines is 1. The molecule has 0 aliphatic carbocycles. The van der Waals surface area contributed by atoms with E-state index in [1.165, 1.54) is 18.7 Å². The summed E-state index contributed by atoms with van der Waals surface area (Å²) in [6.45, 7) is 6.53. The number of aryl methyl sites for hydroxylation is 1. The van der Waals surface area contributed by atoms with Crippen molar-refractivity contribution >= 4 is 17.6 Å². The van der Waals surface area contributed by atoms with E-state index in [2.05, 4.69) is 0 Å². The van der Waals surface area contributed by atoms with Gasteiger partial charge in [0.05, 0.1) is 5.69 Å². The highest BCUT2D eigenvalue weighted by molar-refractivity contribution is 6.05. The number of hydrogen-bond donors (Lipinski definition) is 1. The Balaban J connectivity index is 2.62. The summed E-state index contributed by atoms with van der Waals surface area (Å²) in [4.78, 5) is 25.0. The lowest BCUT2D eigenvalue weighted by Crippen LogP contribution is -2.58. The Morgan fingerprint density at radius 3 is 2.63 bits per heavy atom. The highest BCUT2D eigenvalue weighted by Crippen LogP contribution is 2.38. The zero-order valence-electron chi connectivity index (χ0n) is 11.4. The minimum atomic E-state index is -1.32. The molecule has 0 aromatic heterocycles. The molecule has 0 bridgehead atoms. The van der Waals surface area contributed by atoms with Crippen molar-refractivity contribution < 1.29 is 19.4 Å². The second kappa shape index (κ2) is 4.26. The Bertz CT molecular complexity index is 550. The molecule has 1 N–H and O–H groups in total. The summed E-state index contributed by atoms with van der Waals surface area (Å²) in [5.74, 6) is -0.861. The molecule has 1 aromatic rings. The van der Waals surface area contributed by atoms with Crippen molar-refractivity contribution in [3.63, 3.8) is 0 Å². The third-order valence-electron chi connectivity index (χ3n) is 3.31. The van der Waals surface area contributed by atoms with Crippen molar-refractivity contribution in [2.24, 2.45) is 0 Å². The van der Waals surface area contributed by atoms with Gasteiger partial charge in [0.25, 0.3) is 5.91 Å². The fourth-order valence-electron chi connectivity index (χ4n) is 2.12. The second-order valence-corrected chi connectivity index (χ2v) is 5.27. The number of benzene rings is 1. The standard InChI is InChI=1S/C14H17NO4/c1-8-5-6-11-10(7-8)15(12(16)9(2)19-11)14(3,4)13(17)18/h5-7,9H,1-4H3,(H,17,18). The summed E-state index contributed by atoms with van der Waals surface area (Å²) in [6, 6.07) is 5.40. The van der Waals surface area contributed by atoms with Gasteiger partial charge in [-0.2, -0.15) is 0 Å². The van der Waals surface area contributed by atoms with Crippen molar-refractivity contribution in [2.75, 3.05) is 4.90 Å². The average Bonchev–Trinajstić information content (AvgIpc) is 2.30. The van der Waals surface area contributed by atoms with E-state index in [9.17, 15) is 14.7 Å².